The minimum Gasteiger partial charge on any atom is -0.465 e. The van der Waals surface area contributed by atoms with E-state index in [0.29, 0.717) is 5.56 Å². The molecule has 2 heterocycles. The lowest BCUT2D eigenvalue weighted by Gasteiger charge is -1.98. The van der Waals surface area contributed by atoms with Gasteiger partial charge in [-0.15, -0.1) is 11.3 Å². The third-order valence-electron chi connectivity index (χ3n) is 2.12. The van der Waals surface area contributed by atoms with E-state index in [0.717, 1.165) is 11.5 Å². The van der Waals surface area contributed by atoms with Gasteiger partial charge in [0.15, 0.2) is 0 Å². The molecule has 70 valence electrons. The highest BCUT2D eigenvalue weighted by Crippen LogP contribution is 2.41. The standard InChI is InChI=1S/C9H10O3S/c1-9(5-12-9)7-3-6(4-13-7)8(10)11-2/h3-4H,5H2,1-2H3. The van der Waals surface area contributed by atoms with Crippen LogP contribution in [0.3, 0.4) is 0 Å². The number of rotatable bonds is 2. The Morgan fingerprint density at radius 2 is 2.46 bits per heavy atom. The van der Waals surface area contributed by atoms with Crippen LogP contribution in [0, 0.1) is 0 Å². The monoisotopic (exact) mass is 198 g/mol. The molecule has 1 unspecified atom stereocenters. The molecule has 0 bridgehead atoms. The van der Waals surface area contributed by atoms with Crippen molar-refractivity contribution in [3.8, 4) is 0 Å². The lowest BCUT2D eigenvalue weighted by Crippen LogP contribution is -2.01. The van der Waals surface area contributed by atoms with Crippen molar-refractivity contribution in [1.29, 1.82) is 0 Å². The van der Waals surface area contributed by atoms with Crippen molar-refractivity contribution >= 4 is 17.3 Å². The Morgan fingerprint density at radius 3 is 3.00 bits per heavy atom. The summed E-state index contributed by atoms with van der Waals surface area (Å²) in [6.07, 6.45) is 0. The Balaban J connectivity index is 2.23. The van der Waals surface area contributed by atoms with Crippen molar-refractivity contribution < 1.29 is 14.3 Å². The second-order valence-electron chi connectivity index (χ2n) is 3.21. The second-order valence-corrected chi connectivity index (χ2v) is 4.12. The Hall–Kier alpha value is -0.870. The molecule has 0 aliphatic carbocycles. The third-order valence-corrected chi connectivity index (χ3v) is 3.29. The number of hydrogen-bond donors (Lipinski definition) is 0. The van der Waals surface area contributed by atoms with Gasteiger partial charge in [0.2, 0.25) is 0 Å². The molecule has 0 amide bonds. The summed E-state index contributed by atoms with van der Waals surface area (Å²) in [5.41, 5.74) is 0.468. The molecule has 1 saturated heterocycles. The fraction of sp³-hybridized carbons (Fsp3) is 0.444. The van der Waals surface area contributed by atoms with Gasteiger partial charge in [0.05, 0.1) is 19.3 Å². The fourth-order valence-corrected chi connectivity index (χ4v) is 2.07. The number of ether oxygens (including phenoxy) is 2. The van der Waals surface area contributed by atoms with Gasteiger partial charge in [0.1, 0.15) is 5.60 Å². The summed E-state index contributed by atoms with van der Waals surface area (Å²) in [6.45, 7) is 2.76. The third kappa shape index (κ3) is 1.47. The maximum absolute atomic E-state index is 11.1. The molecule has 1 atom stereocenters. The largest absolute Gasteiger partial charge is 0.465 e. The number of carbonyl (C=O) groups is 1. The molecule has 3 nitrogen and oxygen atoms in total. The van der Waals surface area contributed by atoms with E-state index in [1.54, 1.807) is 5.38 Å². The average Bonchev–Trinajstić information content (AvgIpc) is 2.72. The molecular formula is C9H10O3S. The maximum atomic E-state index is 11.1. The van der Waals surface area contributed by atoms with Crippen molar-refractivity contribution in [1.82, 2.24) is 0 Å². The zero-order valence-corrected chi connectivity index (χ0v) is 8.31. The maximum Gasteiger partial charge on any atom is 0.338 e. The molecule has 0 spiro atoms. The van der Waals surface area contributed by atoms with Crippen molar-refractivity contribution in [3.05, 3.63) is 21.9 Å². The van der Waals surface area contributed by atoms with E-state index in [-0.39, 0.29) is 11.6 Å². The van der Waals surface area contributed by atoms with E-state index >= 15 is 0 Å². The zero-order valence-electron chi connectivity index (χ0n) is 7.49. The summed E-state index contributed by atoms with van der Waals surface area (Å²) in [5, 5.41) is 1.80. The number of epoxide rings is 1. The minimum atomic E-state index is -0.285. The van der Waals surface area contributed by atoms with E-state index in [9.17, 15) is 4.79 Å². The number of hydrogen-bond acceptors (Lipinski definition) is 4. The summed E-state index contributed by atoms with van der Waals surface area (Å²) in [6, 6.07) is 1.84. The number of thiophene rings is 1. The fourth-order valence-electron chi connectivity index (χ4n) is 1.09. The predicted octanol–water partition coefficient (Wildman–Crippen LogP) is 1.78. The summed E-state index contributed by atoms with van der Waals surface area (Å²) in [4.78, 5) is 12.2. The van der Waals surface area contributed by atoms with Crippen LogP contribution in [-0.2, 0) is 15.1 Å². The van der Waals surface area contributed by atoms with Crippen LogP contribution in [0.5, 0.6) is 0 Å². The van der Waals surface area contributed by atoms with Gasteiger partial charge in [-0.2, -0.15) is 0 Å². The minimum absolute atomic E-state index is 0.142. The molecule has 13 heavy (non-hydrogen) atoms. The molecule has 1 fully saturated rings. The average molecular weight is 198 g/mol. The smallest absolute Gasteiger partial charge is 0.338 e. The topological polar surface area (TPSA) is 38.8 Å². The first-order valence-corrected chi connectivity index (χ1v) is 4.85. The van der Waals surface area contributed by atoms with Crippen LogP contribution in [0.1, 0.15) is 22.2 Å². The normalized spacial score (nSPS) is 25.7. The summed E-state index contributed by atoms with van der Waals surface area (Å²) >= 11 is 1.54. The summed E-state index contributed by atoms with van der Waals surface area (Å²) in [5.74, 6) is -0.285. The van der Waals surface area contributed by atoms with E-state index in [1.165, 1.54) is 18.4 Å². The molecular weight excluding hydrogens is 188 g/mol. The van der Waals surface area contributed by atoms with Gasteiger partial charge in [0.25, 0.3) is 0 Å². The highest BCUT2D eigenvalue weighted by Gasteiger charge is 2.42. The van der Waals surface area contributed by atoms with Gasteiger partial charge < -0.3 is 9.47 Å². The van der Waals surface area contributed by atoms with Crippen LogP contribution in [0.2, 0.25) is 0 Å². The second kappa shape index (κ2) is 2.82. The van der Waals surface area contributed by atoms with Crippen LogP contribution >= 0.6 is 11.3 Å². The van der Waals surface area contributed by atoms with Crippen molar-refractivity contribution in [3.63, 3.8) is 0 Å². The van der Waals surface area contributed by atoms with E-state index in [1.807, 2.05) is 13.0 Å². The van der Waals surface area contributed by atoms with Crippen molar-refractivity contribution in [2.45, 2.75) is 12.5 Å². The van der Waals surface area contributed by atoms with Crippen LogP contribution < -0.4 is 0 Å². The number of esters is 1. The predicted molar refractivity (Wildman–Crippen MR) is 49.0 cm³/mol. The first kappa shape index (κ1) is 8.72. The van der Waals surface area contributed by atoms with E-state index in [2.05, 4.69) is 4.74 Å². The number of methoxy groups -OCH3 is 1. The lowest BCUT2D eigenvalue weighted by molar-refractivity contribution is 0.0601. The van der Waals surface area contributed by atoms with Gasteiger partial charge in [-0.3, -0.25) is 0 Å². The van der Waals surface area contributed by atoms with Crippen molar-refractivity contribution in [2.24, 2.45) is 0 Å². The van der Waals surface area contributed by atoms with E-state index in [4.69, 9.17) is 4.74 Å². The molecule has 2 rings (SSSR count). The molecule has 4 heteroatoms. The Bertz CT molecular complexity index is 338. The molecule has 1 aliphatic heterocycles. The van der Waals surface area contributed by atoms with Gasteiger partial charge in [-0.1, -0.05) is 0 Å². The zero-order chi connectivity index (χ0) is 9.47. The molecule has 0 aromatic carbocycles. The molecule has 1 aliphatic rings. The Kier molecular flexibility index (Phi) is 1.89. The van der Waals surface area contributed by atoms with Crippen molar-refractivity contribution in [2.75, 3.05) is 13.7 Å². The highest BCUT2D eigenvalue weighted by molar-refractivity contribution is 7.10. The Labute approximate surface area is 80.3 Å². The summed E-state index contributed by atoms with van der Waals surface area (Å²) < 4.78 is 9.88. The molecule has 0 saturated carbocycles. The first-order chi connectivity index (χ1) is 6.15. The van der Waals surface area contributed by atoms with Crippen LogP contribution in [-0.4, -0.2) is 19.7 Å². The molecule has 1 aromatic heterocycles. The molecule has 0 radical (unpaired) electrons. The van der Waals surface area contributed by atoms with Gasteiger partial charge >= 0.3 is 5.97 Å². The van der Waals surface area contributed by atoms with Gasteiger partial charge in [-0.25, -0.2) is 4.79 Å². The summed E-state index contributed by atoms with van der Waals surface area (Å²) in [7, 11) is 1.38. The first-order valence-electron chi connectivity index (χ1n) is 3.97. The molecule has 0 N–H and O–H groups in total. The van der Waals surface area contributed by atoms with Crippen LogP contribution in [0.25, 0.3) is 0 Å². The number of carbonyl (C=O) groups excluding carboxylic acids is 1. The van der Waals surface area contributed by atoms with E-state index < -0.39 is 0 Å². The lowest BCUT2D eigenvalue weighted by atomic mass is 10.1. The SMILES string of the molecule is COC(=O)c1csc(C2(C)CO2)c1. The Morgan fingerprint density at radius 1 is 1.77 bits per heavy atom. The molecule has 1 aromatic rings. The quantitative estimate of drug-likeness (QED) is 0.537. The van der Waals surface area contributed by atoms with Gasteiger partial charge in [0, 0.05) is 10.3 Å². The van der Waals surface area contributed by atoms with Crippen LogP contribution in [0.15, 0.2) is 11.4 Å². The van der Waals surface area contributed by atoms with Crippen LogP contribution in [0.4, 0.5) is 0 Å². The van der Waals surface area contributed by atoms with Gasteiger partial charge in [-0.05, 0) is 13.0 Å². The highest BCUT2D eigenvalue weighted by atomic mass is 32.1.